The summed E-state index contributed by atoms with van der Waals surface area (Å²) >= 11 is 0. The highest BCUT2D eigenvalue weighted by Crippen LogP contribution is 2.27. The summed E-state index contributed by atoms with van der Waals surface area (Å²) in [5.41, 5.74) is 4.71. The molecule has 154 valence electrons. The van der Waals surface area contributed by atoms with Crippen molar-refractivity contribution in [2.75, 3.05) is 0 Å². The van der Waals surface area contributed by atoms with Crippen LogP contribution >= 0.6 is 0 Å². The number of ether oxygens (including phenoxy) is 1. The lowest BCUT2D eigenvalue weighted by atomic mass is 10.1. The van der Waals surface area contributed by atoms with Gasteiger partial charge in [-0.15, -0.1) is 0 Å². The van der Waals surface area contributed by atoms with Crippen LogP contribution in [0.1, 0.15) is 27.6 Å². The highest BCUT2D eigenvalue weighted by atomic mass is 16.5. The minimum atomic E-state index is -1.57. The van der Waals surface area contributed by atoms with Crippen molar-refractivity contribution in [1.29, 1.82) is 0 Å². The second kappa shape index (κ2) is 8.97. The summed E-state index contributed by atoms with van der Waals surface area (Å²) in [6.07, 6.45) is -1.57. The third kappa shape index (κ3) is 4.86. The fourth-order valence-corrected chi connectivity index (χ4v) is 2.82. The third-order valence-corrected chi connectivity index (χ3v) is 4.23. The van der Waals surface area contributed by atoms with Crippen molar-refractivity contribution >= 4 is 11.8 Å². The highest BCUT2D eigenvalue weighted by Gasteiger charge is 2.21. The molecule has 0 radical (unpaired) electrons. The van der Waals surface area contributed by atoms with Crippen molar-refractivity contribution in [1.82, 2.24) is 10.9 Å². The number of amides is 2. The summed E-state index contributed by atoms with van der Waals surface area (Å²) in [6, 6.07) is 17.7. The number of benzene rings is 3. The molecular weight excluding hydrogens is 388 g/mol. The zero-order valence-electron chi connectivity index (χ0n) is 16.0. The molecule has 0 aliphatic rings. The number of aliphatic hydroxyl groups is 1. The Morgan fingerprint density at radius 2 is 1.60 bits per heavy atom. The van der Waals surface area contributed by atoms with Crippen molar-refractivity contribution in [3.8, 4) is 23.0 Å². The maximum atomic E-state index is 12.3. The minimum absolute atomic E-state index is 0.110. The zero-order chi connectivity index (χ0) is 21.7. The van der Waals surface area contributed by atoms with E-state index in [0.717, 1.165) is 6.07 Å². The number of hydrogen-bond acceptors (Lipinski definition) is 6. The van der Waals surface area contributed by atoms with Gasteiger partial charge in [0.25, 0.3) is 11.8 Å². The minimum Gasteiger partial charge on any atom is -0.508 e. The van der Waals surface area contributed by atoms with E-state index in [1.807, 2.05) is 18.2 Å². The molecule has 3 aromatic rings. The molecular formula is C22H20N2O6. The summed E-state index contributed by atoms with van der Waals surface area (Å²) in [4.78, 5) is 24.5. The van der Waals surface area contributed by atoms with E-state index in [1.165, 1.54) is 19.1 Å². The number of phenols is 2. The number of aliphatic hydroxyl groups excluding tert-OH is 1. The lowest BCUT2D eigenvalue weighted by molar-refractivity contribution is -0.130. The van der Waals surface area contributed by atoms with Gasteiger partial charge in [0.05, 0.1) is 5.56 Å². The van der Waals surface area contributed by atoms with Crippen LogP contribution in [0.3, 0.4) is 0 Å². The van der Waals surface area contributed by atoms with Crippen LogP contribution < -0.4 is 15.6 Å². The van der Waals surface area contributed by atoms with Crippen molar-refractivity contribution in [2.24, 2.45) is 0 Å². The summed E-state index contributed by atoms with van der Waals surface area (Å²) in [5.74, 6) is -1.28. The summed E-state index contributed by atoms with van der Waals surface area (Å²) in [7, 11) is 0. The first kappa shape index (κ1) is 20.7. The molecule has 0 aliphatic carbocycles. The molecule has 0 heterocycles. The van der Waals surface area contributed by atoms with Gasteiger partial charge in [-0.3, -0.25) is 20.4 Å². The first-order chi connectivity index (χ1) is 14.3. The van der Waals surface area contributed by atoms with Crippen molar-refractivity contribution in [2.45, 2.75) is 13.0 Å². The average molecular weight is 408 g/mol. The molecule has 0 spiro atoms. The molecule has 0 fully saturated rings. The topological polar surface area (TPSA) is 128 Å². The van der Waals surface area contributed by atoms with Crippen molar-refractivity contribution in [3.63, 3.8) is 0 Å². The normalized spacial score (nSPS) is 11.4. The van der Waals surface area contributed by atoms with E-state index < -0.39 is 23.7 Å². The van der Waals surface area contributed by atoms with E-state index in [9.17, 15) is 24.9 Å². The summed E-state index contributed by atoms with van der Waals surface area (Å²) in [6.45, 7) is 1.52. The van der Waals surface area contributed by atoms with Crippen LogP contribution in [-0.4, -0.2) is 27.1 Å². The molecule has 1 unspecified atom stereocenters. The number of nitrogens with one attached hydrogen (secondary N) is 2. The SMILES string of the molecule is Cc1cc(O)cc(O)c1C(=O)NNC(=O)C(O)c1cccc(Oc2ccccc2)c1. The van der Waals surface area contributed by atoms with Gasteiger partial charge < -0.3 is 20.1 Å². The zero-order valence-corrected chi connectivity index (χ0v) is 16.0. The molecule has 1 atom stereocenters. The Morgan fingerprint density at radius 3 is 2.30 bits per heavy atom. The molecule has 8 nitrogen and oxygen atoms in total. The average Bonchev–Trinajstić information content (AvgIpc) is 2.71. The van der Waals surface area contributed by atoms with Crippen LogP contribution in [0.25, 0.3) is 0 Å². The van der Waals surface area contributed by atoms with Crippen LogP contribution in [-0.2, 0) is 4.79 Å². The first-order valence-corrected chi connectivity index (χ1v) is 8.99. The number of para-hydroxylation sites is 1. The molecule has 3 rings (SSSR count). The van der Waals surface area contributed by atoms with Crippen LogP contribution in [0.15, 0.2) is 66.7 Å². The Morgan fingerprint density at radius 1 is 0.900 bits per heavy atom. The maximum absolute atomic E-state index is 12.3. The van der Waals surface area contributed by atoms with Gasteiger partial charge >= 0.3 is 0 Å². The van der Waals surface area contributed by atoms with Gasteiger partial charge in [0.2, 0.25) is 0 Å². The van der Waals surface area contributed by atoms with Gasteiger partial charge in [-0.25, -0.2) is 0 Å². The standard InChI is InChI=1S/C22H20N2O6/c1-13-10-15(25)12-18(26)19(13)21(28)23-24-22(29)20(27)14-6-5-9-17(11-14)30-16-7-3-2-4-8-16/h2-12,20,25-27H,1H3,(H,23,28)(H,24,29). The van der Waals surface area contributed by atoms with E-state index >= 15 is 0 Å². The number of hydrogen-bond donors (Lipinski definition) is 5. The fourth-order valence-electron chi connectivity index (χ4n) is 2.82. The molecule has 8 heteroatoms. The van der Waals surface area contributed by atoms with Crippen LogP contribution in [0.5, 0.6) is 23.0 Å². The quantitative estimate of drug-likeness (QED) is 0.413. The van der Waals surface area contributed by atoms with Crippen LogP contribution in [0.2, 0.25) is 0 Å². The predicted molar refractivity (Wildman–Crippen MR) is 108 cm³/mol. The second-order valence-electron chi connectivity index (χ2n) is 6.49. The third-order valence-electron chi connectivity index (χ3n) is 4.23. The number of aryl methyl sites for hydroxylation is 1. The highest BCUT2D eigenvalue weighted by molar-refractivity contribution is 5.99. The molecule has 30 heavy (non-hydrogen) atoms. The predicted octanol–water partition coefficient (Wildman–Crippen LogP) is 2.69. The van der Waals surface area contributed by atoms with Gasteiger partial charge in [-0.2, -0.15) is 0 Å². The van der Waals surface area contributed by atoms with E-state index in [-0.39, 0.29) is 16.9 Å². The summed E-state index contributed by atoms with van der Waals surface area (Å²) < 4.78 is 5.68. The van der Waals surface area contributed by atoms with Gasteiger partial charge in [0.1, 0.15) is 23.0 Å². The van der Waals surface area contributed by atoms with Crippen molar-refractivity contribution in [3.05, 3.63) is 83.4 Å². The largest absolute Gasteiger partial charge is 0.508 e. The number of rotatable bonds is 5. The smallest absolute Gasteiger partial charge is 0.273 e. The summed E-state index contributed by atoms with van der Waals surface area (Å²) in [5, 5.41) is 29.6. The van der Waals surface area contributed by atoms with Gasteiger partial charge in [0, 0.05) is 6.07 Å². The number of phenolic OH excluding ortho intramolecular Hbond substituents is 2. The lowest BCUT2D eigenvalue weighted by Crippen LogP contribution is -2.44. The Labute approximate surface area is 172 Å². The number of aromatic hydroxyl groups is 2. The lowest BCUT2D eigenvalue weighted by Gasteiger charge is -2.15. The number of carbonyl (C=O) groups is 2. The van der Waals surface area contributed by atoms with Crippen molar-refractivity contribution < 1.29 is 29.6 Å². The monoisotopic (exact) mass is 408 g/mol. The molecule has 0 aliphatic heterocycles. The Kier molecular flexibility index (Phi) is 6.19. The second-order valence-corrected chi connectivity index (χ2v) is 6.49. The molecule has 0 saturated carbocycles. The Balaban J connectivity index is 1.65. The first-order valence-electron chi connectivity index (χ1n) is 8.99. The fraction of sp³-hybridized carbons (Fsp3) is 0.0909. The van der Waals surface area contributed by atoms with E-state index in [0.29, 0.717) is 17.1 Å². The Bertz CT molecular complexity index is 1050. The van der Waals surface area contributed by atoms with Gasteiger partial charge in [-0.1, -0.05) is 30.3 Å². The number of carbonyl (C=O) groups excluding carboxylic acids is 2. The van der Waals surface area contributed by atoms with E-state index in [2.05, 4.69) is 10.9 Å². The van der Waals surface area contributed by atoms with Gasteiger partial charge in [0.15, 0.2) is 6.10 Å². The molecule has 3 aromatic carbocycles. The van der Waals surface area contributed by atoms with Gasteiger partial charge in [-0.05, 0) is 48.4 Å². The molecule has 0 bridgehead atoms. The molecule has 5 N–H and O–H groups in total. The number of hydrazine groups is 1. The Hall–Kier alpha value is -4.04. The van der Waals surface area contributed by atoms with Crippen LogP contribution in [0, 0.1) is 6.92 Å². The molecule has 0 saturated heterocycles. The molecule has 2 amide bonds. The van der Waals surface area contributed by atoms with E-state index in [1.54, 1.807) is 30.3 Å². The van der Waals surface area contributed by atoms with Crippen LogP contribution in [0.4, 0.5) is 0 Å². The maximum Gasteiger partial charge on any atom is 0.273 e. The molecule has 0 aromatic heterocycles. The van der Waals surface area contributed by atoms with E-state index in [4.69, 9.17) is 4.74 Å².